The smallest absolute Gasteiger partial charge is 0.323 e. The molecule has 0 aromatic rings. The van der Waals surface area contributed by atoms with Crippen LogP contribution in [0.15, 0.2) is 0 Å². The van der Waals surface area contributed by atoms with Gasteiger partial charge in [-0.3, -0.25) is 9.69 Å². The Hall–Kier alpha value is -1.74. The number of carboxylic acid groups (broad SMARTS) is 1. The molecule has 1 atom stereocenters. The first-order valence-electron chi connectivity index (χ1n) is 6.92. The summed E-state index contributed by atoms with van der Waals surface area (Å²) in [4.78, 5) is 28.2. The fraction of sp³-hybridized carbons (Fsp3) is 0.714. The SMILES string of the molecule is C#CCN(CC(=O)O)C(=O)N1CCN(C(C)CC)CC1. The van der Waals surface area contributed by atoms with Gasteiger partial charge in [-0.2, -0.15) is 0 Å². The highest BCUT2D eigenvalue weighted by Gasteiger charge is 2.27. The van der Waals surface area contributed by atoms with Gasteiger partial charge < -0.3 is 14.9 Å². The maximum atomic E-state index is 12.2. The van der Waals surface area contributed by atoms with Gasteiger partial charge in [-0.25, -0.2) is 4.79 Å². The average molecular weight is 281 g/mol. The van der Waals surface area contributed by atoms with E-state index in [0.717, 1.165) is 19.5 Å². The highest BCUT2D eigenvalue weighted by atomic mass is 16.4. The molecule has 6 heteroatoms. The molecule has 0 aromatic carbocycles. The molecule has 6 nitrogen and oxygen atoms in total. The number of terminal acetylenes is 1. The number of nitrogens with zero attached hydrogens (tertiary/aromatic N) is 3. The van der Waals surface area contributed by atoms with Crippen molar-refractivity contribution in [1.82, 2.24) is 14.7 Å². The first kappa shape index (κ1) is 16.3. The van der Waals surface area contributed by atoms with Gasteiger partial charge in [0.05, 0.1) is 6.54 Å². The average Bonchev–Trinajstić information content (AvgIpc) is 2.45. The van der Waals surface area contributed by atoms with Crippen LogP contribution in [0.1, 0.15) is 20.3 Å². The van der Waals surface area contributed by atoms with Gasteiger partial charge in [-0.05, 0) is 13.3 Å². The van der Waals surface area contributed by atoms with Crippen LogP contribution in [0.25, 0.3) is 0 Å². The molecule has 20 heavy (non-hydrogen) atoms. The molecule has 1 unspecified atom stereocenters. The monoisotopic (exact) mass is 281 g/mol. The van der Waals surface area contributed by atoms with Gasteiger partial charge in [0.15, 0.2) is 0 Å². The maximum absolute atomic E-state index is 12.2. The van der Waals surface area contributed by atoms with Gasteiger partial charge in [-0.1, -0.05) is 12.8 Å². The highest BCUT2D eigenvalue weighted by molar-refractivity contribution is 5.80. The Kier molecular flexibility index (Phi) is 6.32. The van der Waals surface area contributed by atoms with Crippen molar-refractivity contribution < 1.29 is 14.7 Å². The first-order chi connectivity index (χ1) is 9.49. The van der Waals surface area contributed by atoms with Crippen molar-refractivity contribution in [3.8, 4) is 12.3 Å². The third-order valence-electron chi connectivity index (χ3n) is 3.68. The molecule has 1 aliphatic rings. The molecule has 0 aromatic heterocycles. The zero-order valence-electron chi connectivity index (χ0n) is 12.2. The quantitative estimate of drug-likeness (QED) is 0.747. The van der Waals surface area contributed by atoms with Crippen LogP contribution in [-0.4, -0.2) is 77.1 Å². The summed E-state index contributed by atoms with van der Waals surface area (Å²) in [5, 5.41) is 8.82. The number of piperazine rings is 1. The van der Waals surface area contributed by atoms with E-state index in [1.165, 1.54) is 4.90 Å². The van der Waals surface area contributed by atoms with Crippen LogP contribution in [0.4, 0.5) is 4.79 Å². The molecule has 2 amide bonds. The fourth-order valence-corrected chi connectivity index (χ4v) is 2.28. The minimum Gasteiger partial charge on any atom is -0.480 e. The number of urea groups is 1. The van der Waals surface area contributed by atoms with Gasteiger partial charge in [0.2, 0.25) is 0 Å². The Bertz CT molecular complexity index is 384. The number of amides is 2. The van der Waals surface area contributed by atoms with Gasteiger partial charge in [0.1, 0.15) is 6.54 Å². The molecule has 112 valence electrons. The van der Waals surface area contributed by atoms with E-state index >= 15 is 0 Å². The Labute approximate surface area is 120 Å². The number of hydrogen-bond acceptors (Lipinski definition) is 3. The predicted octanol–water partition coefficient (Wildman–Crippen LogP) is 0.542. The van der Waals surface area contributed by atoms with Gasteiger partial charge >= 0.3 is 12.0 Å². The lowest BCUT2D eigenvalue weighted by Crippen LogP contribution is -2.55. The molecule has 0 radical (unpaired) electrons. The van der Waals surface area contributed by atoms with Crippen molar-refractivity contribution in [1.29, 1.82) is 0 Å². The van der Waals surface area contributed by atoms with Crippen molar-refractivity contribution in [2.24, 2.45) is 0 Å². The molecular formula is C14H23N3O3. The number of carbonyl (C=O) groups is 2. The zero-order chi connectivity index (χ0) is 15.1. The third kappa shape index (κ3) is 4.42. The van der Waals surface area contributed by atoms with E-state index in [4.69, 9.17) is 11.5 Å². The Morgan fingerprint density at radius 3 is 2.40 bits per heavy atom. The molecule has 0 saturated carbocycles. The highest BCUT2D eigenvalue weighted by Crippen LogP contribution is 2.10. The summed E-state index contributed by atoms with van der Waals surface area (Å²) >= 11 is 0. The first-order valence-corrected chi connectivity index (χ1v) is 6.92. The molecular weight excluding hydrogens is 258 g/mol. The summed E-state index contributed by atoms with van der Waals surface area (Å²) in [6.07, 6.45) is 6.27. The van der Waals surface area contributed by atoms with Crippen molar-refractivity contribution >= 4 is 12.0 Å². The van der Waals surface area contributed by atoms with E-state index in [1.807, 2.05) is 0 Å². The van der Waals surface area contributed by atoms with Crippen molar-refractivity contribution in [3.63, 3.8) is 0 Å². The van der Waals surface area contributed by atoms with E-state index < -0.39 is 5.97 Å². The second-order valence-corrected chi connectivity index (χ2v) is 5.02. The van der Waals surface area contributed by atoms with Gasteiger partial charge in [-0.15, -0.1) is 6.42 Å². The molecule has 1 rings (SSSR count). The van der Waals surface area contributed by atoms with Gasteiger partial charge in [0, 0.05) is 32.2 Å². The molecule has 0 aliphatic carbocycles. The fourth-order valence-electron chi connectivity index (χ4n) is 2.28. The molecule has 0 bridgehead atoms. The number of carbonyl (C=O) groups excluding carboxylic acids is 1. The van der Waals surface area contributed by atoms with E-state index in [2.05, 4.69) is 24.7 Å². The van der Waals surface area contributed by atoms with E-state index in [-0.39, 0.29) is 19.1 Å². The van der Waals surface area contributed by atoms with Gasteiger partial charge in [0.25, 0.3) is 0 Å². The van der Waals surface area contributed by atoms with Crippen LogP contribution in [-0.2, 0) is 4.79 Å². The lowest BCUT2D eigenvalue weighted by atomic mass is 10.2. The normalized spacial score (nSPS) is 17.4. The predicted molar refractivity (Wildman–Crippen MR) is 76.3 cm³/mol. The maximum Gasteiger partial charge on any atom is 0.323 e. The summed E-state index contributed by atoms with van der Waals surface area (Å²) in [6, 6.07) is 0.224. The van der Waals surface area contributed by atoms with Crippen LogP contribution in [0.3, 0.4) is 0 Å². The van der Waals surface area contributed by atoms with Crippen LogP contribution in [0.5, 0.6) is 0 Å². The Morgan fingerprint density at radius 1 is 1.35 bits per heavy atom. The van der Waals surface area contributed by atoms with Crippen molar-refractivity contribution in [3.05, 3.63) is 0 Å². The van der Waals surface area contributed by atoms with Crippen molar-refractivity contribution in [2.45, 2.75) is 26.3 Å². The number of aliphatic carboxylic acids is 1. The van der Waals surface area contributed by atoms with E-state index in [0.29, 0.717) is 19.1 Å². The summed E-state index contributed by atoms with van der Waals surface area (Å²) in [5.41, 5.74) is 0. The molecule has 1 saturated heterocycles. The van der Waals surface area contributed by atoms with Crippen molar-refractivity contribution in [2.75, 3.05) is 39.3 Å². The second kappa shape index (κ2) is 7.75. The summed E-state index contributed by atoms with van der Waals surface area (Å²) < 4.78 is 0. The van der Waals surface area contributed by atoms with Crippen LogP contribution in [0, 0.1) is 12.3 Å². The summed E-state index contributed by atoms with van der Waals surface area (Å²) in [5.74, 6) is 1.28. The Morgan fingerprint density at radius 2 is 1.95 bits per heavy atom. The van der Waals surface area contributed by atoms with Crippen LogP contribution >= 0.6 is 0 Å². The third-order valence-corrected chi connectivity index (χ3v) is 3.68. The molecule has 1 aliphatic heterocycles. The molecule has 1 N–H and O–H groups in total. The Balaban J connectivity index is 2.56. The molecule has 1 heterocycles. The number of carboxylic acids is 1. The largest absolute Gasteiger partial charge is 0.480 e. The lowest BCUT2D eigenvalue weighted by molar-refractivity contribution is -0.137. The zero-order valence-corrected chi connectivity index (χ0v) is 12.2. The minimum atomic E-state index is -1.05. The summed E-state index contributed by atoms with van der Waals surface area (Å²) in [7, 11) is 0. The molecule has 0 spiro atoms. The van der Waals surface area contributed by atoms with E-state index in [9.17, 15) is 9.59 Å². The minimum absolute atomic E-state index is 0.0245. The van der Waals surface area contributed by atoms with E-state index in [1.54, 1.807) is 4.90 Å². The second-order valence-electron chi connectivity index (χ2n) is 5.02. The standard InChI is InChI=1S/C14H23N3O3/c1-4-6-17(11-13(18)19)14(20)16-9-7-15(8-10-16)12(3)5-2/h1,12H,5-11H2,2-3H3,(H,18,19). The number of hydrogen-bond donors (Lipinski definition) is 1. The lowest BCUT2D eigenvalue weighted by Gasteiger charge is -2.39. The summed E-state index contributed by atoms with van der Waals surface area (Å²) in [6.45, 7) is 6.85. The van der Waals surface area contributed by atoms with Crippen LogP contribution in [0.2, 0.25) is 0 Å². The number of rotatable bonds is 5. The topological polar surface area (TPSA) is 64.1 Å². The molecule has 1 fully saturated rings. The van der Waals surface area contributed by atoms with Crippen LogP contribution < -0.4 is 0 Å².